The smallest absolute Gasteiger partial charge is 0.256 e. The third-order valence-corrected chi connectivity index (χ3v) is 5.94. The molecule has 0 aliphatic carbocycles. The number of amides is 2. The third-order valence-electron chi connectivity index (χ3n) is 5.18. The number of hydrogen-bond acceptors (Lipinski definition) is 5. The zero-order chi connectivity index (χ0) is 20.8. The van der Waals surface area contributed by atoms with Crippen LogP contribution in [0, 0.1) is 0 Å². The van der Waals surface area contributed by atoms with Crippen LogP contribution in [0.1, 0.15) is 16.8 Å². The molecule has 2 amide bonds. The van der Waals surface area contributed by atoms with Gasteiger partial charge < -0.3 is 15.0 Å². The average Bonchev–Trinajstić information content (AvgIpc) is 3.06. The van der Waals surface area contributed by atoms with E-state index in [0.717, 1.165) is 23.1 Å². The molecule has 8 nitrogen and oxygen atoms in total. The van der Waals surface area contributed by atoms with Crippen LogP contribution in [0.15, 0.2) is 42.5 Å². The minimum atomic E-state index is -3.43. The Kier molecular flexibility index (Phi) is 4.79. The van der Waals surface area contributed by atoms with Gasteiger partial charge in [-0.25, -0.2) is 13.1 Å². The Bertz CT molecular complexity index is 1080. The zero-order valence-corrected chi connectivity index (χ0v) is 16.8. The molecule has 0 saturated carbocycles. The first-order chi connectivity index (χ1) is 13.7. The third kappa shape index (κ3) is 3.83. The predicted octanol–water partition coefficient (Wildman–Crippen LogP) is 1.45. The number of carbonyl (C=O) groups excluding carboxylic acids is 2. The van der Waals surface area contributed by atoms with E-state index in [1.165, 1.54) is 4.90 Å². The standard InChI is InChI=1S/C20H21N3O5S/c1-28-15-6-3-12(4-7-15)13-5-8-17-16(9-13)20(25)23-11-14(22-29(2,26)27)10-18(23)19(24)21-17/h3-9,14,18,22H,10-11H2,1-2H3,(H,21,24)/t14-,18-/m0/s1. The van der Waals surface area contributed by atoms with Crippen LogP contribution in [-0.4, -0.2) is 57.1 Å². The van der Waals surface area contributed by atoms with Gasteiger partial charge in [0.1, 0.15) is 11.8 Å². The summed E-state index contributed by atoms with van der Waals surface area (Å²) in [4.78, 5) is 27.3. The largest absolute Gasteiger partial charge is 0.497 e. The molecule has 2 atom stereocenters. The first-order valence-electron chi connectivity index (χ1n) is 9.13. The molecule has 0 spiro atoms. The van der Waals surface area contributed by atoms with E-state index in [1.54, 1.807) is 19.2 Å². The van der Waals surface area contributed by atoms with E-state index in [4.69, 9.17) is 4.74 Å². The number of ether oxygens (including phenoxy) is 1. The maximum absolute atomic E-state index is 13.2. The Balaban J connectivity index is 1.67. The van der Waals surface area contributed by atoms with E-state index < -0.39 is 22.1 Å². The summed E-state index contributed by atoms with van der Waals surface area (Å²) >= 11 is 0. The van der Waals surface area contributed by atoms with Gasteiger partial charge in [-0.2, -0.15) is 0 Å². The molecule has 0 radical (unpaired) electrons. The van der Waals surface area contributed by atoms with E-state index in [0.29, 0.717) is 11.3 Å². The molecule has 2 N–H and O–H groups in total. The lowest BCUT2D eigenvalue weighted by atomic mass is 10.0. The highest BCUT2D eigenvalue weighted by molar-refractivity contribution is 7.88. The van der Waals surface area contributed by atoms with Crippen LogP contribution in [0.4, 0.5) is 5.69 Å². The fourth-order valence-electron chi connectivity index (χ4n) is 3.86. The van der Waals surface area contributed by atoms with Gasteiger partial charge in [-0.05, 0) is 41.8 Å². The van der Waals surface area contributed by atoms with E-state index in [-0.39, 0.29) is 24.8 Å². The van der Waals surface area contributed by atoms with Crippen LogP contribution in [0.25, 0.3) is 11.1 Å². The zero-order valence-electron chi connectivity index (χ0n) is 16.0. The van der Waals surface area contributed by atoms with Crippen molar-refractivity contribution in [3.8, 4) is 16.9 Å². The molecule has 2 aromatic carbocycles. The second-order valence-electron chi connectivity index (χ2n) is 7.27. The number of fused-ring (bicyclic) bond motifs is 2. The minimum absolute atomic E-state index is 0.149. The van der Waals surface area contributed by atoms with Crippen molar-refractivity contribution < 1.29 is 22.7 Å². The van der Waals surface area contributed by atoms with Gasteiger partial charge in [0.15, 0.2) is 0 Å². The number of nitrogens with one attached hydrogen (secondary N) is 2. The van der Waals surface area contributed by atoms with E-state index in [9.17, 15) is 18.0 Å². The molecule has 2 heterocycles. The van der Waals surface area contributed by atoms with Gasteiger partial charge in [-0.1, -0.05) is 18.2 Å². The van der Waals surface area contributed by atoms with Crippen molar-refractivity contribution in [2.45, 2.75) is 18.5 Å². The Morgan fingerprint density at radius 2 is 1.79 bits per heavy atom. The molecule has 2 aliphatic rings. The molecule has 1 saturated heterocycles. The van der Waals surface area contributed by atoms with E-state index in [1.807, 2.05) is 30.3 Å². The summed E-state index contributed by atoms with van der Waals surface area (Å²) in [6.45, 7) is 0.149. The minimum Gasteiger partial charge on any atom is -0.497 e. The number of methoxy groups -OCH3 is 1. The Hall–Kier alpha value is -2.91. The van der Waals surface area contributed by atoms with Crippen molar-refractivity contribution in [2.75, 3.05) is 25.2 Å². The first-order valence-corrected chi connectivity index (χ1v) is 11.0. The molecule has 0 unspecified atom stereocenters. The van der Waals surface area contributed by atoms with Gasteiger partial charge in [0, 0.05) is 12.6 Å². The highest BCUT2D eigenvalue weighted by Gasteiger charge is 2.43. The summed E-state index contributed by atoms with van der Waals surface area (Å²) in [5.74, 6) is 0.125. The van der Waals surface area contributed by atoms with Crippen LogP contribution in [0.3, 0.4) is 0 Å². The summed E-state index contributed by atoms with van der Waals surface area (Å²) in [6.07, 6.45) is 1.30. The van der Waals surface area contributed by atoms with Gasteiger partial charge in [0.2, 0.25) is 15.9 Å². The molecule has 152 valence electrons. The molecule has 2 aromatic rings. The van der Waals surface area contributed by atoms with Gasteiger partial charge in [-0.15, -0.1) is 0 Å². The molecule has 0 aromatic heterocycles. The fourth-order valence-corrected chi connectivity index (χ4v) is 4.64. The van der Waals surface area contributed by atoms with Crippen molar-refractivity contribution in [1.29, 1.82) is 0 Å². The average molecular weight is 415 g/mol. The number of nitrogens with zero attached hydrogens (tertiary/aromatic N) is 1. The Morgan fingerprint density at radius 1 is 1.10 bits per heavy atom. The van der Waals surface area contributed by atoms with Crippen LogP contribution in [-0.2, 0) is 14.8 Å². The number of carbonyl (C=O) groups is 2. The van der Waals surface area contributed by atoms with Crippen molar-refractivity contribution in [3.63, 3.8) is 0 Å². The van der Waals surface area contributed by atoms with Crippen molar-refractivity contribution in [3.05, 3.63) is 48.0 Å². The molecule has 4 rings (SSSR count). The maximum Gasteiger partial charge on any atom is 0.256 e. The lowest BCUT2D eigenvalue weighted by Gasteiger charge is -2.20. The second-order valence-corrected chi connectivity index (χ2v) is 9.05. The molecule has 2 aliphatic heterocycles. The van der Waals surface area contributed by atoms with Gasteiger partial charge in [0.05, 0.1) is 24.6 Å². The lowest BCUT2D eigenvalue weighted by Crippen LogP contribution is -2.41. The molecular formula is C20H21N3O5S. The highest BCUT2D eigenvalue weighted by Crippen LogP contribution is 2.32. The monoisotopic (exact) mass is 415 g/mol. The van der Waals surface area contributed by atoms with Crippen molar-refractivity contribution >= 4 is 27.5 Å². The van der Waals surface area contributed by atoms with Gasteiger partial charge in [0.25, 0.3) is 5.91 Å². The maximum atomic E-state index is 13.2. The van der Waals surface area contributed by atoms with Crippen LogP contribution in [0.2, 0.25) is 0 Å². The number of anilines is 1. The molecule has 0 bridgehead atoms. The molecule has 29 heavy (non-hydrogen) atoms. The van der Waals surface area contributed by atoms with Crippen LogP contribution >= 0.6 is 0 Å². The van der Waals surface area contributed by atoms with Crippen molar-refractivity contribution in [1.82, 2.24) is 9.62 Å². The van der Waals surface area contributed by atoms with Crippen molar-refractivity contribution in [2.24, 2.45) is 0 Å². The molecular weight excluding hydrogens is 394 g/mol. The fraction of sp³-hybridized carbons (Fsp3) is 0.300. The van der Waals surface area contributed by atoms with E-state index in [2.05, 4.69) is 10.0 Å². The van der Waals surface area contributed by atoms with Gasteiger partial charge in [-0.3, -0.25) is 9.59 Å². The number of hydrogen-bond donors (Lipinski definition) is 2. The highest BCUT2D eigenvalue weighted by atomic mass is 32.2. The van der Waals surface area contributed by atoms with Gasteiger partial charge >= 0.3 is 0 Å². The topological polar surface area (TPSA) is 105 Å². The summed E-state index contributed by atoms with van der Waals surface area (Å²) in [5.41, 5.74) is 2.58. The molecule has 9 heteroatoms. The number of sulfonamides is 1. The summed E-state index contributed by atoms with van der Waals surface area (Å²) < 4.78 is 30.8. The number of benzene rings is 2. The normalized spacial score (nSPS) is 21.2. The number of rotatable bonds is 4. The summed E-state index contributed by atoms with van der Waals surface area (Å²) in [5, 5.41) is 2.81. The predicted molar refractivity (Wildman–Crippen MR) is 108 cm³/mol. The first kappa shape index (κ1) is 19.4. The quantitative estimate of drug-likeness (QED) is 0.786. The SMILES string of the molecule is COc1ccc(-c2ccc3c(c2)C(=O)N2C[C@@H](NS(C)(=O)=O)C[C@H]2C(=O)N3)cc1. The summed E-state index contributed by atoms with van der Waals surface area (Å²) in [6, 6.07) is 11.6. The Labute approximate surface area is 168 Å². The molecule has 1 fully saturated rings. The lowest BCUT2D eigenvalue weighted by molar-refractivity contribution is -0.119. The van der Waals surface area contributed by atoms with E-state index >= 15 is 0 Å². The van der Waals surface area contributed by atoms with Crippen LogP contribution in [0.5, 0.6) is 5.75 Å². The van der Waals surface area contributed by atoms with Crippen LogP contribution < -0.4 is 14.8 Å². The summed E-state index contributed by atoms with van der Waals surface area (Å²) in [7, 11) is -1.84. The Morgan fingerprint density at radius 3 is 2.45 bits per heavy atom. The second kappa shape index (κ2) is 7.16.